The van der Waals surface area contributed by atoms with Crippen LogP contribution in [0.5, 0.6) is 0 Å². The Bertz CT molecular complexity index is 300. The van der Waals surface area contributed by atoms with Crippen LogP contribution in [-0.4, -0.2) is 24.7 Å². The lowest BCUT2D eigenvalue weighted by Crippen LogP contribution is -2.09. The molecule has 0 aliphatic heterocycles. The highest BCUT2D eigenvalue weighted by atomic mass is 16.5. The van der Waals surface area contributed by atoms with Crippen LogP contribution in [0.3, 0.4) is 0 Å². The molecule has 1 heterocycles. The van der Waals surface area contributed by atoms with E-state index in [1.54, 1.807) is 0 Å². The van der Waals surface area contributed by atoms with E-state index < -0.39 is 0 Å². The van der Waals surface area contributed by atoms with Crippen LogP contribution in [0, 0.1) is 12.8 Å². The van der Waals surface area contributed by atoms with Crippen molar-refractivity contribution >= 4 is 5.82 Å². The number of hydrogen-bond acceptors (Lipinski definition) is 3. The highest BCUT2D eigenvalue weighted by Gasteiger charge is 1.95. The summed E-state index contributed by atoms with van der Waals surface area (Å²) in [5.41, 5.74) is 1.04. The predicted octanol–water partition coefficient (Wildman–Crippen LogP) is 2.86. The van der Waals surface area contributed by atoms with E-state index in [1.807, 2.05) is 25.1 Å². The Balaban J connectivity index is 2.07. The molecule has 3 nitrogen and oxygen atoms in total. The largest absolute Gasteiger partial charge is 0.381 e. The molecule has 0 unspecified atom stereocenters. The molecule has 1 aromatic heterocycles. The molecule has 0 saturated carbocycles. The molecule has 1 aromatic rings. The third-order valence-corrected chi connectivity index (χ3v) is 2.11. The van der Waals surface area contributed by atoms with E-state index in [4.69, 9.17) is 4.74 Å². The summed E-state index contributed by atoms with van der Waals surface area (Å²) in [6.45, 7) is 8.90. The van der Waals surface area contributed by atoms with Crippen LogP contribution >= 0.6 is 0 Å². The van der Waals surface area contributed by atoms with Gasteiger partial charge in [-0.15, -0.1) is 0 Å². The molecule has 16 heavy (non-hydrogen) atoms. The summed E-state index contributed by atoms with van der Waals surface area (Å²) in [5.74, 6) is 1.57. The van der Waals surface area contributed by atoms with Gasteiger partial charge in [-0.25, -0.2) is 4.98 Å². The Morgan fingerprint density at radius 2 is 2.19 bits per heavy atom. The van der Waals surface area contributed by atoms with E-state index in [0.717, 1.165) is 37.7 Å². The number of anilines is 1. The average Bonchev–Trinajstić information content (AvgIpc) is 2.23. The Labute approximate surface area is 98.2 Å². The van der Waals surface area contributed by atoms with E-state index in [2.05, 4.69) is 24.1 Å². The number of pyridine rings is 1. The molecule has 0 saturated heterocycles. The zero-order valence-electron chi connectivity index (χ0n) is 10.5. The quantitative estimate of drug-likeness (QED) is 0.720. The first kappa shape index (κ1) is 13.0. The van der Waals surface area contributed by atoms with Gasteiger partial charge in [-0.2, -0.15) is 0 Å². The van der Waals surface area contributed by atoms with Crippen LogP contribution in [0.1, 0.15) is 26.0 Å². The minimum atomic E-state index is 0.617. The highest BCUT2D eigenvalue weighted by Crippen LogP contribution is 2.03. The van der Waals surface area contributed by atoms with Gasteiger partial charge in [-0.05, 0) is 31.4 Å². The van der Waals surface area contributed by atoms with Gasteiger partial charge in [0, 0.05) is 25.5 Å². The zero-order valence-corrected chi connectivity index (χ0v) is 10.5. The van der Waals surface area contributed by atoms with Crippen molar-refractivity contribution in [2.75, 3.05) is 25.1 Å². The normalized spacial score (nSPS) is 10.8. The summed E-state index contributed by atoms with van der Waals surface area (Å²) in [5, 5.41) is 3.28. The number of nitrogens with one attached hydrogen (secondary N) is 1. The molecular formula is C13H22N2O. The highest BCUT2D eigenvalue weighted by molar-refractivity contribution is 5.34. The zero-order chi connectivity index (χ0) is 11.8. The smallest absolute Gasteiger partial charge is 0.126 e. The van der Waals surface area contributed by atoms with Crippen molar-refractivity contribution < 1.29 is 4.74 Å². The fourth-order valence-electron chi connectivity index (χ4n) is 1.35. The van der Waals surface area contributed by atoms with Crippen molar-refractivity contribution in [2.45, 2.75) is 27.2 Å². The van der Waals surface area contributed by atoms with E-state index >= 15 is 0 Å². The molecule has 1 rings (SSSR count). The lowest BCUT2D eigenvalue weighted by atomic mass is 10.2. The van der Waals surface area contributed by atoms with E-state index in [1.165, 1.54) is 0 Å². The minimum absolute atomic E-state index is 0.617. The van der Waals surface area contributed by atoms with Gasteiger partial charge in [0.05, 0.1) is 0 Å². The van der Waals surface area contributed by atoms with Crippen LogP contribution in [0.2, 0.25) is 0 Å². The number of hydrogen-bond donors (Lipinski definition) is 1. The van der Waals surface area contributed by atoms with Crippen LogP contribution in [-0.2, 0) is 4.74 Å². The topological polar surface area (TPSA) is 34.1 Å². The van der Waals surface area contributed by atoms with E-state index in [-0.39, 0.29) is 0 Å². The molecule has 0 atom stereocenters. The summed E-state index contributed by atoms with van der Waals surface area (Å²) in [6.07, 6.45) is 1.02. The van der Waals surface area contributed by atoms with Crippen LogP contribution in [0.25, 0.3) is 0 Å². The summed E-state index contributed by atoms with van der Waals surface area (Å²) >= 11 is 0. The van der Waals surface area contributed by atoms with Gasteiger partial charge in [-0.3, -0.25) is 0 Å². The Morgan fingerprint density at radius 3 is 2.88 bits per heavy atom. The second-order valence-electron chi connectivity index (χ2n) is 4.41. The Hall–Kier alpha value is -1.09. The minimum Gasteiger partial charge on any atom is -0.381 e. The Kier molecular flexibility index (Phi) is 5.86. The second-order valence-corrected chi connectivity index (χ2v) is 4.41. The molecular weight excluding hydrogens is 200 g/mol. The van der Waals surface area contributed by atoms with Crippen LogP contribution < -0.4 is 5.32 Å². The second kappa shape index (κ2) is 7.23. The van der Waals surface area contributed by atoms with Crippen molar-refractivity contribution in [3.8, 4) is 0 Å². The molecule has 0 bridgehead atoms. The number of aromatic nitrogens is 1. The molecule has 0 spiro atoms. The van der Waals surface area contributed by atoms with Crippen LogP contribution in [0.15, 0.2) is 18.2 Å². The number of nitrogens with zero attached hydrogens (tertiary/aromatic N) is 1. The van der Waals surface area contributed by atoms with Gasteiger partial charge in [0.2, 0.25) is 0 Å². The summed E-state index contributed by atoms with van der Waals surface area (Å²) in [6, 6.07) is 6.00. The van der Waals surface area contributed by atoms with Crippen molar-refractivity contribution in [3.05, 3.63) is 23.9 Å². The molecule has 90 valence electrons. The fourth-order valence-corrected chi connectivity index (χ4v) is 1.35. The molecule has 0 aliphatic rings. The van der Waals surface area contributed by atoms with Gasteiger partial charge in [0.15, 0.2) is 0 Å². The first-order chi connectivity index (χ1) is 7.68. The monoisotopic (exact) mass is 222 g/mol. The first-order valence-electron chi connectivity index (χ1n) is 5.94. The first-order valence-corrected chi connectivity index (χ1v) is 5.94. The molecule has 0 fully saturated rings. The summed E-state index contributed by atoms with van der Waals surface area (Å²) < 4.78 is 5.50. The Morgan fingerprint density at radius 1 is 1.38 bits per heavy atom. The number of ether oxygens (including phenoxy) is 1. The third-order valence-electron chi connectivity index (χ3n) is 2.11. The maximum atomic E-state index is 5.50. The van der Waals surface area contributed by atoms with E-state index in [0.29, 0.717) is 5.92 Å². The maximum Gasteiger partial charge on any atom is 0.126 e. The third kappa shape index (κ3) is 5.71. The number of aryl methyl sites for hydroxylation is 1. The van der Waals surface area contributed by atoms with Crippen molar-refractivity contribution in [3.63, 3.8) is 0 Å². The molecule has 0 amide bonds. The summed E-state index contributed by atoms with van der Waals surface area (Å²) in [4.78, 5) is 4.37. The van der Waals surface area contributed by atoms with Gasteiger partial charge >= 0.3 is 0 Å². The molecule has 3 heteroatoms. The molecule has 0 aliphatic carbocycles. The van der Waals surface area contributed by atoms with Gasteiger partial charge in [-0.1, -0.05) is 19.9 Å². The SMILES string of the molecule is Cc1cccc(NCCCOCC(C)C)n1. The summed E-state index contributed by atoms with van der Waals surface area (Å²) in [7, 11) is 0. The lowest BCUT2D eigenvalue weighted by Gasteiger charge is -2.08. The molecule has 1 N–H and O–H groups in total. The van der Waals surface area contributed by atoms with Gasteiger partial charge < -0.3 is 10.1 Å². The van der Waals surface area contributed by atoms with E-state index in [9.17, 15) is 0 Å². The van der Waals surface area contributed by atoms with Crippen molar-refractivity contribution in [1.29, 1.82) is 0 Å². The number of rotatable bonds is 7. The molecule has 0 radical (unpaired) electrons. The standard InChI is InChI=1S/C13H22N2O/c1-11(2)10-16-9-5-8-14-13-7-4-6-12(3)15-13/h4,6-7,11H,5,8-10H2,1-3H3,(H,14,15). The van der Waals surface area contributed by atoms with Crippen LogP contribution in [0.4, 0.5) is 5.82 Å². The molecule has 0 aromatic carbocycles. The lowest BCUT2D eigenvalue weighted by molar-refractivity contribution is 0.110. The predicted molar refractivity (Wildman–Crippen MR) is 67.7 cm³/mol. The van der Waals surface area contributed by atoms with Gasteiger partial charge in [0.1, 0.15) is 5.82 Å². The van der Waals surface area contributed by atoms with Crippen molar-refractivity contribution in [1.82, 2.24) is 4.98 Å². The van der Waals surface area contributed by atoms with Crippen molar-refractivity contribution in [2.24, 2.45) is 5.92 Å². The van der Waals surface area contributed by atoms with Gasteiger partial charge in [0.25, 0.3) is 0 Å². The fraction of sp³-hybridized carbons (Fsp3) is 0.615. The maximum absolute atomic E-state index is 5.50. The average molecular weight is 222 g/mol.